The molecule has 0 atom stereocenters. The van der Waals surface area contributed by atoms with Crippen LogP contribution in [0.1, 0.15) is 35.2 Å². The number of anilines is 1. The predicted octanol–water partition coefficient (Wildman–Crippen LogP) is 2.60. The standard InChI is InChI=1S/C19H20FN3O3S/c20-18-8-5-15(13-21-18)19(24)23-11-3-4-14-12-16(6-7-17(14)23)27(25,26)22-9-1-2-10-22/h5-8,12-13H,1-4,9-11H2. The Balaban J connectivity index is 1.66. The summed E-state index contributed by atoms with van der Waals surface area (Å²) in [7, 11) is -3.49. The number of fused-ring (bicyclic) bond motifs is 1. The van der Waals surface area contributed by atoms with Crippen LogP contribution in [0.25, 0.3) is 0 Å². The lowest BCUT2D eigenvalue weighted by molar-refractivity contribution is 0.0984. The van der Waals surface area contributed by atoms with Gasteiger partial charge in [-0.05, 0) is 61.6 Å². The second kappa shape index (κ2) is 7.01. The summed E-state index contributed by atoms with van der Waals surface area (Å²) >= 11 is 0. The fourth-order valence-electron chi connectivity index (χ4n) is 3.68. The molecule has 0 unspecified atom stereocenters. The molecule has 0 aliphatic carbocycles. The van der Waals surface area contributed by atoms with Crippen molar-refractivity contribution < 1.29 is 17.6 Å². The van der Waals surface area contributed by atoms with E-state index < -0.39 is 16.0 Å². The molecule has 1 saturated heterocycles. The summed E-state index contributed by atoms with van der Waals surface area (Å²) in [5.41, 5.74) is 1.85. The van der Waals surface area contributed by atoms with Crippen molar-refractivity contribution in [2.24, 2.45) is 0 Å². The Morgan fingerprint density at radius 3 is 2.52 bits per heavy atom. The summed E-state index contributed by atoms with van der Waals surface area (Å²) in [4.78, 5) is 18.2. The molecule has 0 saturated carbocycles. The van der Waals surface area contributed by atoms with Gasteiger partial charge in [-0.15, -0.1) is 0 Å². The topological polar surface area (TPSA) is 70.6 Å². The van der Waals surface area contributed by atoms with Crippen molar-refractivity contribution in [1.82, 2.24) is 9.29 Å². The molecule has 0 radical (unpaired) electrons. The van der Waals surface area contributed by atoms with E-state index in [2.05, 4.69) is 4.98 Å². The van der Waals surface area contributed by atoms with E-state index in [1.54, 1.807) is 23.1 Å². The van der Waals surface area contributed by atoms with Gasteiger partial charge in [0.15, 0.2) is 0 Å². The van der Waals surface area contributed by atoms with Crippen LogP contribution < -0.4 is 4.90 Å². The lowest BCUT2D eigenvalue weighted by Gasteiger charge is -2.30. The number of sulfonamides is 1. The Bertz CT molecular complexity index is 970. The van der Waals surface area contributed by atoms with Crippen molar-refractivity contribution in [3.63, 3.8) is 0 Å². The third kappa shape index (κ3) is 3.35. The highest BCUT2D eigenvalue weighted by atomic mass is 32.2. The molecular weight excluding hydrogens is 369 g/mol. The van der Waals surface area contributed by atoms with E-state index in [0.29, 0.717) is 37.3 Å². The highest BCUT2D eigenvalue weighted by Crippen LogP contribution is 2.32. The van der Waals surface area contributed by atoms with E-state index in [-0.39, 0.29) is 10.8 Å². The summed E-state index contributed by atoms with van der Waals surface area (Å²) in [6, 6.07) is 7.52. The molecular formula is C19H20FN3O3S. The van der Waals surface area contributed by atoms with Gasteiger partial charge in [-0.1, -0.05) is 0 Å². The number of carbonyl (C=O) groups is 1. The Morgan fingerprint density at radius 2 is 1.81 bits per heavy atom. The second-order valence-electron chi connectivity index (χ2n) is 6.83. The zero-order valence-electron chi connectivity index (χ0n) is 14.8. The van der Waals surface area contributed by atoms with E-state index in [1.807, 2.05) is 0 Å². The average molecular weight is 389 g/mol. The third-order valence-corrected chi connectivity index (χ3v) is 6.99. The van der Waals surface area contributed by atoms with Gasteiger partial charge in [-0.3, -0.25) is 4.79 Å². The fourth-order valence-corrected chi connectivity index (χ4v) is 5.25. The molecule has 0 N–H and O–H groups in total. The van der Waals surface area contributed by atoms with Crippen LogP contribution in [0.3, 0.4) is 0 Å². The van der Waals surface area contributed by atoms with Gasteiger partial charge in [0, 0.05) is 31.5 Å². The molecule has 142 valence electrons. The fraction of sp³-hybridized carbons (Fsp3) is 0.368. The Morgan fingerprint density at radius 1 is 1.04 bits per heavy atom. The zero-order valence-corrected chi connectivity index (χ0v) is 15.6. The summed E-state index contributed by atoms with van der Waals surface area (Å²) in [6.07, 6.45) is 4.44. The molecule has 2 aromatic rings. The van der Waals surface area contributed by atoms with Crippen LogP contribution >= 0.6 is 0 Å². The normalized spacial score (nSPS) is 17.7. The van der Waals surface area contributed by atoms with Crippen molar-refractivity contribution in [2.75, 3.05) is 24.5 Å². The zero-order chi connectivity index (χ0) is 19.0. The Hall–Kier alpha value is -2.32. The van der Waals surface area contributed by atoms with Gasteiger partial charge >= 0.3 is 0 Å². The predicted molar refractivity (Wildman–Crippen MR) is 98.6 cm³/mol. The molecule has 1 amide bonds. The molecule has 6 nitrogen and oxygen atoms in total. The summed E-state index contributed by atoms with van der Waals surface area (Å²) < 4.78 is 40.1. The van der Waals surface area contributed by atoms with E-state index in [0.717, 1.165) is 30.9 Å². The number of nitrogens with zero attached hydrogens (tertiary/aromatic N) is 3. The van der Waals surface area contributed by atoms with Crippen molar-refractivity contribution in [3.05, 3.63) is 53.6 Å². The summed E-state index contributed by atoms with van der Waals surface area (Å²) in [5, 5.41) is 0. The van der Waals surface area contributed by atoms with E-state index >= 15 is 0 Å². The first-order chi connectivity index (χ1) is 13.0. The third-order valence-electron chi connectivity index (χ3n) is 5.09. The van der Waals surface area contributed by atoms with Gasteiger partial charge in [0.25, 0.3) is 5.91 Å². The lowest BCUT2D eigenvalue weighted by atomic mass is 10.0. The number of pyridine rings is 1. The Kier molecular flexibility index (Phi) is 4.69. The number of rotatable bonds is 3. The maximum atomic E-state index is 13.0. The number of amides is 1. The minimum absolute atomic E-state index is 0.265. The minimum atomic E-state index is -3.49. The largest absolute Gasteiger partial charge is 0.308 e. The van der Waals surface area contributed by atoms with Crippen LogP contribution in [0.5, 0.6) is 0 Å². The minimum Gasteiger partial charge on any atom is -0.308 e. The van der Waals surface area contributed by atoms with Gasteiger partial charge in [0.05, 0.1) is 10.5 Å². The van der Waals surface area contributed by atoms with Gasteiger partial charge < -0.3 is 4.90 Å². The average Bonchev–Trinajstić information content (AvgIpc) is 3.23. The molecule has 0 bridgehead atoms. The van der Waals surface area contributed by atoms with Crippen molar-refractivity contribution in [1.29, 1.82) is 0 Å². The van der Waals surface area contributed by atoms with Gasteiger partial charge in [0.1, 0.15) is 0 Å². The molecule has 0 spiro atoms. The van der Waals surface area contributed by atoms with Crippen LogP contribution in [-0.2, 0) is 16.4 Å². The van der Waals surface area contributed by atoms with Gasteiger partial charge in [-0.2, -0.15) is 8.70 Å². The van der Waals surface area contributed by atoms with Crippen LogP contribution in [0.15, 0.2) is 41.4 Å². The summed E-state index contributed by atoms with van der Waals surface area (Å²) in [5.74, 6) is -0.902. The number of hydrogen-bond donors (Lipinski definition) is 0. The molecule has 3 heterocycles. The quantitative estimate of drug-likeness (QED) is 0.757. The molecule has 4 rings (SSSR count). The van der Waals surface area contributed by atoms with Gasteiger partial charge in [-0.25, -0.2) is 13.4 Å². The van der Waals surface area contributed by atoms with Crippen LogP contribution in [0, 0.1) is 5.95 Å². The van der Waals surface area contributed by atoms with E-state index in [9.17, 15) is 17.6 Å². The number of benzene rings is 1. The highest BCUT2D eigenvalue weighted by Gasteiger charge is 2.30. The first kappa shape index (κ1) is 18.1. The molecule has 1 aromatic carbocycles. The first-order valence-corrected chi connectivity index (χ1v) is 10.5. The van der Waals surface area contributed by atoms with Crippen LogP contribution in [0.4, 0.5) is 10.1 Å². The number of halogens is 1. The first-order valence-electron chi connectivity index (χ1n) is 9.03. The van der Waals surface area contributed by atoms with Crippen LogP contribution in [-0.4, -0.2) is 43.2 Å². The molecule has 2 aliphatic rings. The van der Waals surface area contributed by atoms with Gasteiger partial charge in [0.2, 0.25) is 16.0 Å². The lowest BCUT2D eigenvalue weighted by Crippen LogP contribution is -2.36. The maximum absolute atomic E-state index is 13.0. The smallest absolute Gasteiger partial charge is 0.259 e. The number of hydrogen-bond acceptors (Lipinski definition) is 4. The van der Waals surface area contributed by atoms with Crippen molar-refractivity contribution >= 4 is 21.6 Å². The highest BCUT2D eigenvalue weighted by molar-refractivity contribution is 7.89. The maximum Gasteiger partial charge on any atom is 0.259 e. The summed E-state index contributed by atoms with van der Waals surface area (Å²) in [6.45, 7) is 1.64. The van der Waals surface area contributed by atoms with Crippen molar-refractivity contribution in [3.8, 4) is 0 Å². The second-order valence-corrected chi connectivity index (χ2v) is 8.77. The molecule has 2 aliphatic heterocycles. The van der Waals surface area contributed by atoms with Crippen LogP contribution in [0.2, 0.25) is 0 Å². The number of aryl methyl sites for hydroxylation is 1. The number of carbonyl (C=O) groups excluding carboxylic acids is 1. The molecule has 8 heteroatoms. The number of aromatic nitrogens is 1. The Labute approximate surface area is 157 Å². The van der Waals surface area contributed by atoms with E-state index in [1.165, 1.54) is 16.6 Å². The molecule has 1 fully saturated rings. The molecule has 27 heavy (non-hydrogen) atoms. The monoisotopic (exact) mass is 389 g/mol. The van der Waals surface area contributed by atoms with E-state index in [4.69, 9.17) is 0 Å². The molecule has 1 aromatic heterocycles. The van der Waals surface area contributed by atoms with Crippen molar-refractivity contribution in [2.45, 2.75) is 30.6 Å². The SMILES string of the molecule is O=C(c1ccc(F)nc1)N1CCCc2cc(S(=O)(=O)N3CCCC3)ccc21.